The van der Waals surface area contributed by atoms with Gasteiger partial charge in [0.2, 0.25) is 0 Å². The lowest BCUT2D eigenvalue weighted by molar-refractivity contribution is -0.115. The summed E-state index contributed by atoms with van der Waals surface area (Å²) >= 11 is 19.4. The van der Waals surface area contributed by atoms with E-state index in [0.29, 0.717) is 30.7 Å². The van der Waals surface area contributed by atoms with E-state index in [4.69, 9.17) is 34.8 Å². The minimum Gasteiger partial charge on any atom is -0.300 e. The molecule has 0 aliphatic carbocycles. The Morgan fingerprint density at radius 2 is 1.96 bits per heavy atom. The fraction of sp³-hybridized carbons (Fsp3) is 0.0588. The van der Waals surface area contributed by atoms with Gasteiger partial charge in [0.1, 0.15) is 0 Å². The molecule has 2 aromatic rings. The molecule has 3 nitrogen and oxygen atoms in total. The Labute approximate surface area is 158 Å². The van der Waals surface area contributed by atoms with Crippen LogP contribution >= 0.6 is 46.6 Å². The molecule has 3 rings (SSSR count). The van der Waals surface area contributed by atoms with E-state index in [1.165, 1.54) is 11.8 Å². The highest BCUT2D eigenvalue weighted by atomic mass is 35.5. The Kier molecular flexibility index (Phi) is 5.21. The minimum atomic E-state index is -0.221. The maximum atomic E-state index is 12.1. The van der Waals surface area contributed by atoms with Crippen molar-refractivity contribution in [2.45, 2.75) is 6.92 Å². The van der Waals surface area contributed by atoms with Crippen molar-refractivity contribution in [1.29, 1.82) is 0 Å². The van der Waals surface area contributed by atoms with E-state index in [9.17, 15) is 4.79 Å². The van der Waals surface area contributed by atoms with Crippen LogP contribution in [0.4, 0.5) is 5.69 Å². The Balaban J connectivity index is 1.89. The molecule has 0 bridgehead atoms. The summed E-state index contributed by atoms with van der Waals surface area (Å²) in [6.07, 6.45) is 1.70. The first-order valence-electron chi connectivity index (χ1n) is 6.94. The first-order chi connectivity index (χ1) is 11.4. The molecule has 1 aliphatic rings. The standard InChI is InChI=1S/C17H11Cl3N2OS/c1-9-7-11(18)5-6-13(9)21-17-22-16(23)14(24-17)8-10-3-2-4-12(19)15(10)20/h2-8H,1H3,(H,21,22,23)/b14-8-. The highest BCUT2D eigenvalue weighted by Crippen LogP contribution is 2.33. The number of carbonyl (C=O) groups excluding carboxylic acids is 1. The van der Waals surface area contributed by atoms with Crippen LogP contribution in [0, 0.1) is 6.92 Å². The molecule has 24 heavy (non-hydrogen) atoms. The van der Waals surface area contributed by atoms with E-state index < -0.39 is 0 Å². The summed E-state index contributed by atoms with van der Waals surface area (Å²) in [4.78, 5) is 17.1. The third kappa shape index (κ3) is 3.78. The van der Waals surface area contributed by atoms with Gasteiger partial charge in [-0.1, -0.05) is 46.9 Å². The van der Waals surface area contributed by atoms with Crippen LogP contribution in [-0.2, 0) is 4.79 Å². The van der Waals surface area contributed by atoms with Gasteiger partial charge in [0.05, 0.1) is 20.6 Å². The zero-order valence-electron chi connectivity index (χ0n) is 12.4. The monoisotopic (exact) mass is 396 g/mol. The average molecular weight is 398 g/mol. The first-order valence-corrected chi connectivity index (χ1v) is 8.89. The molecule has 0 spiro atoms. The second-order valence-electron chi connectivity index (χ2n) is 5.06. The molecule has 1 N–H and O–H groups in total. The predicted molar refractivity (Wildman–Crippen MR) is 103 cm³/mol. The molecule has 0 unspecified atom stereocenters. The Morgan fingerprint density at radius 1 is 1.17 bits per heavy atom. The molecule has 1 aliphatic heterocycles. The number of thioether (sulfide) groups is 1. The largest absolute Gasteiger partial charge is 0.300 e. The van der Waals surface area contributed by atoms with Crippen LogP contribution in [0.1, 0.15) is 11.1 Å². The van der Waals surface area contributed by atoms with Crippen LogP contribution < -0.4 is 5.32 Å². The SMILES string of the molecule is Cc1cc(Cl)ccc1N=C1NC(=O)/C(=C/c2cccc(Cl)c2Cl)S1. The maximum absolute atomic E-state index is 12.1. The van der Waals surface area contributed by atoms with E-state index in [1.807, 2.05) is 19.1 Å². The van der Waals surface area contributed by atoms with E-state index in [1.54, 1.807) is 30.3 Å². The number of rotatable bonds is 2. The van der Waals surface area contributed by atoms with Gasteiger partial charge >= 0.3 is 0 Å². The number of carbonyl (C=O) groups is 1. The van der Waals surface area contributed by atoms with Crippen LogP contribution in [0.3, 0.4) is 0 Å². The van der Waals surface area contributed by atoms with Crippen molar-refractivity contribution < 1.29 is 4.79 Å². The average Bonchev–Trinajstić information content (AvgIpc) is 2.87. The fourth-order valence-corrected chi connectivity index (χ4v) is 3.52. The van der Waals surface area contributed by atoms with Gasteiger partial charge in [0.15, 0.2) is 5.17 Å². The minimum absolute atomic E-state index is 0.221. The lowest BCUT2D eigenvalue weighted by atomic mass is 10.2. The van der Waals surface area contributed by atoms with Crippen molar-refractivity contribution in [3.8, 4) is 0 Å². The number of amides is 1. The second-order valence-corrected chi connectivity index (χ2v) is 7.31. The van der Waals surface area contributed by atoms with Crippen LogP contribution in [0.2, 0.25) is 15.1 Å². The summed E-state index contributed by atoms with van der Waals surface area (Å²) in [5.41, 5.74) is 2.37. The summed E-state index contributed by atoms with van der Waals surface area (Å²) in [5, 5.41) is 4.76. The molecule has 1 amide bonds. The molecule has 1 fully saturated rings. The van der Waals surface area contributed by atoms with Crippen molar-refractivity contribution in [3.63, 3.8) is 0 Å². The van der Waals surface area contributed by atoms with Gasteiger partial charge in [0.25, 0.3) is 5.91 Å². The van der Waals surface area contributed by atoms with Gasteiger partial charge in [-0.3, -0.25) is 4.79 Å². The fourth-order valence-electron chi connectivity index (χ4n) is 2.11. The molecular formula is C17H11Cl3N2OS. The van der Waals surface area contributed by atoms with Crippen molar-refractivity contribution in [2.75, 3.05) is 0 Å². The third-order valence-corrected chi connectivity index (χ3v) is 5.28. The molecule has 0 saturated carbocycles. The number of hydrogen-bond donors (Lipinski definition) is 1. The highest BCUT2D eigenvalue weighted by molar-refractivity contribution is 8.18. The molecule has 0 radical (unpaired) electrons. The Morgan fingerprint density at radius 3 is 2.71 bits per heavy atom. The number of amidine groups is 1. The Hall–Kier alpha value is -1.46. The number of aryl methyl sites for hydroxylation is 1. The van der Waals surface area contributed by atoms with Gasteiger partial charge < -0.3 is 5.32 Å². The third-order valence-electron chi connectivity index (χ3n) is 3.30. The second kappa shape index (κ2) is 7.19. The number of hydrogen-bond acceptors (Lipinski definition) is 3. The van der Waals surface area contributed by atoms with Crippen molar-refractivity contribution in [2.24, 2.45) is 4.99 Å². The van der Waals surface area contributed by atoms with Crippen LogP contribution in [0.15, 0.2) is 46.3 Å². The highest BCUT2D eigenvalue weighted by Gasteiger charge is 2.24. The molecule has 7 heteroatoms. The first kappa shape index (κ1) is 17.4. The smallest absolute Gasteiger partial charge is 0.264 e. The summed E-state index contributed by atoms with van der Waals surface area (Å²) in [7, 11) is 0. The molecule has 0 aromatic heterocycles. The molecule has 122 valence electrons. The number of halogens is 3. The van der Waals surface area contributed by atoms with Crippen LogP contribution in [0.25, 0.3) is 6.08 Å². The summed E-state index contributed by atoms with van der Waals surface area (Å²) in [6, 6.07) is 10.7. The lowest BCUT2D eigenvalue weighted by Crippen LogP contribution is -2.19. The zero-order chi connectivity index (χ0) is 17.3. The van der Waals surface area contributed by atoms with E-state index >= 15 is 0 Å². The number of nitrogens with zero attached hydrogens (tertiary/aromatic N) is 1. The Bertz CT molecular complexity index is 893. The molecule has 1 saturated heterocycles. The van der Waals surface area contributed by atoms with Crippen molar-refractivity contribution >= 4 is 69.4 Å². The van der Waals surface area contributed by atoms with Crippen LogP contribution in [0.5, 0.6) is 0 Å². The van der Waals surface area contributed by atoms with Crippen molar-refractivity contribution in [3.05, 3.63) is 67.5 Å². The van der Waals surface area contributed by atoms with Crippen molar-refractivity contribution in [1.82, 2.24) is 5.32 Å². The zero-order valence-corrected chi connectivity index (χ0v) is 15.5. The molecule has 1 heterocycles. The maximum Gasteiger partial charge on any atom is 0.264 e. The van der Waals surface area contributed by atoms with Crippen LogP contribution in [-0.4, -0.2) is 11.1 Å². The predicted octanol–water partition coefficient (Wildman–Crippen LogP) is 5.85. The van der Waals surface area contributed by atoms with E-state index in [0.717, 1.165) is 11.3 Å². The van der Waals surface area contributed by atoms with Gasteiger partial charge in [-0.25, -0.2) is 4.99 Å². The quantitative estimate of drug-likeness (QED) is 0.646. The number of benzene rings is 2. The van der Waals surface area contributed by atoms with Gasteiger partial charge in [0, 0.05) is 5.02 Å². The summed E-state index contributed by atoms with van der Waals surface area (Å²) in [6.45, 7) is 1.91. The lowest BCUT2D eigenvalue weighted by Gasteiger charge is -2.01. The normalized spacial score (nSPS) is 17.6. The summed E-state index contributed by atoms with van der Waals surface area (Å²) < 4.78 is 0. The molecule has 0 atom stereocenters. The topological polar surface area (TPSA) is 41.5 Å². The van der Waals surface area contributed by atoms with Gasteiger partial charge in [-0.2, -0.15) is 0 Å². The summed E-state index contributed by atoms with van der Waals surface area (Å²) in [5.74, 6) is -0.221. The van der Waals surface area contributed by atoms with E-state index in [2.05, 4.69) is 10.3 Å². The van der Waals surface area contributed by atoms with Gasteiger partial charge in [-0.05, 0) is 60.2 Å². The molecule has 2 aromatic carbocycles. The number of nitrogens with one attached hydrogen (secondary N) is 1. The number of aliphatic imine (C=N–C) groups is 1. The van der Waals surface area contributed by atoms with E-state index in [-0.39, 0.29) is 5.91 Å². The van der Waals surface area contributed by atoms with Gasteiger partial charge in [-0.15, -0.1) is 0 Å². The molecular weight excluding hydrogens is 387 g/mol.